The van der Waals surface area contributed by atoms with Crippen molar-refractivity contribution in [2.45, 2.75) is 32.0 Å². The molecule has 1 saturated heterocycles. The van der Waals surface area contributed by atoms with Gasteiger partial charge in [0.15, 0.2) is 0 Å². The molecule has 1 atom stereocenters. The molecule has 0 saturated carbocycles. The van der Waals surface area contributed by atoms with Crippen LogP contribution in [0.2, 0.25) is 0 Å². The molecule has 5 heterocycles. The molecule has 0 aliphatic carbocycles. The Morgan fingerprint density at radius 1 is 1.12 bits per heavy atom. The molecule has 1 aromatic carbocycles. The normalized spacial score (nSPS) is 16.5. The molecule has 1 unspecified atom stereocenters. The predicted octanol–water partition coefficient (Wildman–Crippen LogP) is 3.36. The van der Waals surface area contributed by atoms with Crippen LogP contribution in [0.4, 0.5) is 5.95 Å². The van der Waals surface area contributed by atoms with Gasteiger partial charge in [-0.2, -0.15) is 0 Å². The number of benzene rings is 1. The van der Waals surface area contributed by atoms with Crippen molar-refractivity contribution in [1.29, 1.82) is 0 Å². The van der Waals surface area contributed by atoms with Gasteiger partial charge >= 0.3 is 0 Å². The van der Waals surface area contributed by atoms with Gasteiger partial charge in [0.05, 0.1) is 36.8 Å². The standard InChI is InChI=1S/C26H26N6O2/c27-20-5-3-11-31(15-20)26-29-22-8-12-30(16-23-21-6-2-1-4-19(21)7-10-28-23)25(33)24(22)32(26)14-18-9-13-34-17-18/h1-2,4,6-10,12-13,17,20H,3,5,11,14-16,27H2. The minimum atomic E-state index is -0.0872. The minimum absolute atomic E-state index is 0.0872. The molecule has 1 aliphatic rings. The Labute approximate surface area is 196 Å². The molecule has 8 heteroatoms. The number of pyridine rings is 2. The van der Waals surface area contributed by atoms with Crippen LogP contribution >= 0.6 is 0 Å². The van der Waals surface area contributed by atoms with Gasteiger partial charge in [0.25, 0.3) is 5.56 Å². The number of piperidine rings is 1. The summed E-state index contributed by atoms with van der Waals surface area (Å²) in [6, 6.07) is 14.0. The van der Waals surface area contributed by atoms with Gasteiger partial charge in [-0.3, -0.25) is 9.78 Å². The maximum atomic E-state index is 13.8. The van der Waals surface area contributed by atoms with E-state index in [1.54, 1.807) is 23.3 Å². The molecular formula is C26H26N6O2. The number of hydrogen-bond donors (Lipinski definition) is 1. The fourth-order valence-electron chi connectivity index (χ4n) is 4.91. The number of nitrogens with zero attached hydrogens (tertiary/aromatic N) is 5. The smallest absolute Gasteiger partial charge is 0.277 e. The molecule has 2 N–H and O–H groups in total. The lowest BCUT2D eigenvalue weighted by atomic mass is 10.1. The Kier molecular flexibility index (Phi) is 5.15. The third-order valence-electron chi connectivity index (χ3n) is 6.59. The third kappa shape index (κ3) is 3.66. The van der Waals surface area contributed by atoms with Crippen LogP contribution in [0.1, 0.15) is 24.1 Å². The zero-order valence-corrected chi connectivity index (χ0v) is 18.8. The molecule has 1 aliphatic heterocycles. The third-order valence-corrected chi connectivity index (χ3v) is 6.59. The second-order valence-electron chi connectivity index (χ2n) is 8.94. The molecule has 172 valence electrons. The van der Waals surface area contributed by atoms with Crippen LogP contribution in [0.3, 0.4) is 0 Å². The van der Waals surface area contributed by atoms with Crippen LogP contribution in [0, 0.1) is 0 Å². The summed E-state index contributed by atoms with van der Waals surface area (Å²) in [7, 11) is 0. The summed E-state index contributed by atoms with van der Waals surface area (Å²) in [6.45, 7) is 2.48. The number of furan rings is 1. The van der Waals surface area contributed by atoms with Crippen LogP contribution in [0.25, 0.3) is 21.8 Å². The lowest BCUT2D eigenvalue weighted by molar-refractivity contribution is 0.495. The molecule has 4 aromatic heterocycles. The van der Waals surface area contributed by atoms with Gasteiger partial charge in [-0.05, 0) is 36.4 Å². The van der Waals surface area contributed by atoms with Gasteiger partial charge in [-0.15, -0.1) is 0 Å². The van der Waals surface area contributed by atoms with Gasteiger partial charge < -0.3 is 24.2 Å². The molecule has 8 nitrogen and oxygen atoms in total. The van der Waals surface area contributed by atoms with Gasteiger partial charge in [0.2, 0.25) is 5.95 Å². The van der Waals surface area contributed by atoms with Gasteiger partial charge in [0, 0.05) is 42.5 Å². The minimum Gasteiger partial charge on any atom is -0.472 e. The van der Waals surface area contributed by atoms with Crippen LogP contribution in [-0.4, -0.2) is 38.2 Å². The molecule has 0 bridgehead atoms. The quantitative estimate of drug-likeness (QED) is 0.438. The summed E-state index contributed by atoms with van der Waals surface area (Å²) in [6.07, 6.45) is 8.97. The highest BCUT2D eigenvalue weighted by molar-refractivity contribution is 5.84. The fraction of sp³-hybridized carbons (Fsp3) is 0.269. The van der Waals surface area contributed by atoms with Crippen LogP contribution in [0.15, 0.2) is 76.6 Å². The Morgan fingerprint density at radius 3 is 2.88 bits per heavy atom. The summed E-state index contributed by atoms with van der Waals surface area (Å²) in [4.78, 5) is 25.4. The summed E-state index contributed by atoms with van der Waals surface area (Å²) in [5.74, 6) is 0.782. The molecule has 0 spiro atoms. The van der Waals surface area contributed by atoms with E-state index in [9.17, 15) is 4.79 Å². The first kappa shape index (κ1) is 20.7. The second kappa shape index (κ2) is 8.46. The van der Waals surface area contributed by atoms with Gasteiger partial charge in [-0.1, -0.05) is 24.3 Å². The van der Waals surface area contributed by atoms with E-state index >= 15 is 0 Å². The number of imidazole rings is 1. The van der Waals surface area contributed by atoms with Crippen molar-refractivity contribution in [3.63, 3.8) is 0 Å². The summed E-state index contributed by atoms with van der Waals surface area (Å²) in [5.41, 5.74) is 9.28. The molecule has 0 radical (unpaired) electrons. The maximum Gasteiger partial charge on any atom is 0.277 e. The Bertz CT molecular complexity index is 1510. The molecule has 5 aromatic rings. The number of aromatic nitrogens is 4. The Hall–Kier alpha value is -3.91. The van der Waals surface area contributed by atoms with E-state index in [0.29, 0.717) is 24.1 Å². The van der Waals surface area contributed by atoms with E-state index in [4.69, 9.17) is 15.1 Å². The number of nitrogens with two attached hydrogens (primary N) is 1. The highest BCUT2D eigenvalue weighted by Crippen LogP contribution is 2.25. The first-order valence-electron chi connectivity index (χ1n) is 11.6. The summed E-state index contributed by atoms with van der Waals surface area (Å²) >= 11 is 0. The molecule has 6 rings (SSSR count). The predicted molar refractivity (Wildman–Crippen MR) is 132 cm³/mol. The monoisotopic (exact) mass is 454 g/mol. The zero-order valence-electron chi connectivity index (χ0n) is 18.8. The highest BCUT2D eigenvalue weighted by atomic mass is 16.3. The highest BCUT2D eigenvalue weighted by Gasteiger charge is 2.24. The van der Waals surface area contributed by atoms with Crippen molar-refractivity contribution in [2.24, 2.45) is 5.73 Å². The summed E-state index contributed by atoms with van der Waals surface area (Å²) in [5, 5.41) is 2.15. The van der Waals surface area contributed by atoms with E-state index in [2.05, 4.69) is 16.0 Å². The second-order valence-corrected chi connectivity index (χ2v) is 8.94. The number of hydrogen-bond acceptors (Lipinski definition) is 6. The topological polar surface area (TPSA) is 95.1 Å². The molecule has 0 amide bonds. The van der Waals surface area contributed by atoms with E-state index in [1.165, 1.54) is 0 Å². The number of rotatable bonds is 5. The Balaban J connectivity index is 1.48. The first-order valence-corrected chi connectivity index (χ1v) is 11.6. The van der Waals surface area contributed by atoms with E-state index in [1.807, 2.05) is 47.2 Å². The van der Waals surface area contributed by atoms with Crippen molar-refractivity contribution in [3.05, 3.63) is 89.0 Å². The van der Waals surface area contributed by atoms with Crippen LogP contribution in [-0.2, 0) is 13.1 Å². The first-order chi connectivity index (χ1) is 16.7. The van der Waals surface area contributed by atoms with Crippen molar-refractivity contribution in [3.8, 4) is 0 Å². The maximum absolute atomic E-state index is 13.8. The van der Waals surface area contributed by atoms with E-state index in [0.717, 1.165) is 53.9 Å². The zero-order chi connectivity index (χ0) is 23.1. The van der Waals surface area contributed by atoms with Gasteiger partial charge in [0.1, 0.15) is 5.52 Å². The lowest BCUT2D eigenvalue weighted by Gasteiger charge is -2.31. The largest absolute Gasteiger partial charge is 0.472 e. The van der Waals surface area contributed by atoms with Gasteiger partial charge in [-0.25, -0.2) is 4.98 Å². The van der Waals surface area contributed by atoms with Crippen molar-refractivity contribution < 1.29 is 4.42 Å². The van der Waals surface area contributed by atoms with Crippen molar-refractivity contribution in [1.82, 2.24) is 19.1 Å². The van der Waals surface area contributed by atoms with Crippen LogP contribution < -0.4 is 16.2 Å². The fourth-order valence-corrected chi connectivity index (χ4v) is 4.91. The molecule has 1 fully saturated rings. The SMILES string of the molecule is NC1CCCN(c2nc3ccn(Cc4nccc5ccccc45)c(=O)c3n2Cc2ccoc2)C1. The number of anilines is 1. The van der Waals surface area contributed by atoms with Crippen molar-refractivity contribution in [2.75, 3.05) is 18.0 Å². The van der Waals surface area contributed by atoms with E-state index < -0.39 is 0 Å². The van der Waals surface area contributed by atoms with Crippen molar-refractivity contribution >= 4 is 27.8 Å². The summed E-state index contributed by atoms with van der Waals surface area (Å²) < 4.78 is 9.02. The van der Waals surface area contributed by atoms with Crippen LogP contribution in [0.5, 0.6) is 0 Å². The lowest BCUT2D eigenvalue weighted by Crippen LogP contribution is -2.44. The molecule has 34 heavy (non-hydrogen) atoms. The number of fused-ring (bicyclic) bond motifs is 2. The molecular weight excluding hydrogens is 428 g/mol. The average molecular weight is 455 g/mol. The average Bonchev–Trinajstić information content (AvgIpc) is 3.50. The Morgan fingerprint density at radius 2 is 2.03 bits per heavy atom. The van der Waals surface area contributed by atoms with E-state index in [-0.39, 0.29) is 11.6 Å².